The highest BCUT2D eigenvalue weighted by Gasteiger charge is 2.19. The number of sulfonamides is 1. The van der Waals surface area contributed by atoms with Crippen molar-refractivity contribution in [3.8, 4) is 0 Å². The lowest BCUT2D eigenvalue weighted by Crippen LogP contribution is -2.32. The first kappa shape index (κ1) is 22.6. The number of aryl methyl sites for hydroxylation is 2. The molecule has 0 aromatic heterocycles. The fraction of sp³-hybridized carbons (Fsp3) is 0.333. The standard InChI is InChI=1S/C21H26N2O5S/c1-14(2)17-7-9-18(10-8-17)23-20(24)13-28-21(25)12-22-29(26,27)19-11-15(3)5-6-16(19)4/h5-11,14,22H,12-13H2,1-4H3,(H,23,24). The molecule has 0 atom stereocenters. The second kappa shape index (κ2) is 9.67. The van der Waals surface area contributed by atoms with E-state index in [1.165, 1.54) is 6.07 Å². The van der Waals surface area contributed by atoms with Crippen molar-refractivity contribution < 1.29 is 22.7 Å². The Morgan fingerprint density at radius 2 is 1.69 bits per heavy atom. The molecule has 2 N–H and O–H groups in total. The van der Waals surface area contributed by atoms with E-state index in [9.17, 15) is 18.0 Å². The van der Waals surface area contributed by atoms with Crippen LogP contribution in [0.25, 0.3) is 0 Å². The van der Waals surface area contributed by atoms with Crippen LogP contribution in [0.1, 0.15) is 36.5 Å². The molecule has 29 heavy (non-hydrogen) atoms. The number of hydrogen-bond donors (Lipinski definition) is 2. The lowest BCUT2D eigenvalue weighted by Gasteiger charge is -2.11. The molecule has 2 rings (SSSR count). The van der Waals surface area contributed by atoms with E-state index in [4.69, 9.17) is 4.74 Å². The van der Waals surface area contributed by atoms with Gasteiger partial charge in [-0.05, 0) is 54.7 Å². The Kier molecular flexibility index (Phi) is 7.53. The van der Waals surface area contributed by atoms with Gasteiger partial charge in [-0.1, -0.05) is 38.1 Å². The Hall–Kier alpha value is -2.71. The first-order chi connectivity index (χ1) is 13.6. The first-order valence-corrected chi connectivity index (χ1v) is 10.7. The van der Waals surface area contributed by atoms with Crippen molar-refractivity contribution in [1.82, 2.24) is 4.72 Å². The van der Waals surface area contributed by atoms with Crippen LogP contribution in [0.15, 0.2) is 47.4 Å². The van der Waals surface area contributed by atoms with Crippen LogP contribution in [-0.4, -0.2) is 33.4 Å². The van der Waals surface area contributed by atoms with Crippen molar-refractivity contribution in [3.05, 3.63) is 59.2 Å². The fourth-order valence-electron chi connectivity index (χ4n) is 2.57. The van der Waals surface area contributed by atoms with E-state index in [0.29, 0.717) is 17.2 Å². The van der Waals surface area contributed by atoms with Gasteiger partial charge in [0.2, 0.25) is 10.0 Å². The van der Waals surface area contributed by atoms with Crippen molar-refractivity contribution in [3.63, 3.8) is 0 Å². The number of carbonyl (C=O) groups excluding carboxylic acids is 2. The summed E-state index contributed by atoms with van der Waals surface area (Å²) in [5.41, 5.74) is 3.09. The number of rotatable bonds is 8. The van der Waals surface area contributed by atoms with Crippen molar-refractivity contribution >= 4 is 27.6 Å². The largest absolute Gasteiger partial charge is 0.455 e. The quantitative estimate of drug-likeness (QED) is 0.642. The maximum atomic E-state index is 12.4. The number of ether oxygens (including phenoxy) is 1. The van der Waals surface area contributed by atoms with Crippen LogP contribution >= 0.6 is 0 Å². The third-order valence-corrected chi connectivity index (χ3v) is 5.81. The minimum Gasteiger partial charge on any atom is -0.455 e. The highest BCUT2D eigenvalue weighted by Crippen LogP contribution is 2.17. The highest BCUT2D eigenvalue weighted by atomic mass is 32.2. The van der Waals surface area contributed by atoms with Gasteiger partial charge in [-0.25, -0.2) is 8.42 Å². The van der Waals surface area contributed by atoms with Crippen LogP contribution < -0.4 is 10.0 Å². The summed E-state index contributed by atoms with van der Waals surface area (Å²) in [7, 11) is -3.86. The molecule has 8 heteroatoms. The first-order valence-electron chi connectivity index (χ1n) is 9.21. The van der Waals surface area contributed by atoms with Crippen molar-refractivity contribution in [2.45, 2.75) is 38.5 Å². The topological polar surface area (TPSA) is 102 Å². The van der Waals surface area contributed by atoms with E-state index in [-0.39, 0.29) is 4.90 Å². The summed E-state index contributed by atoms with van der Waals surface area (Å²) in [5, 5.41) is 2.62. The molecule has 0 spiro atoms. The van der Waals surface area contributed by atoms with E-state index >= 15 is 0 Å². The number of amides is 1. The molecule has 0 saturated carbocycles. The number of carbonyl (C=O) groups is 2. The molecular weight excluding hydrogens is 392 g/mol. The molecule has 2 aromatic rings. The van der Waals surface area contributed by atoms with Crippen LogP contribution in [-0.2, 0) is 24.3 Å². The van der Waals surface area contributed by atoms with Gasteiger partial charge in [-0.2, -0.15) is 4.72 Å². The minimum absolute atomic E-state index is 0.105. The summed E-state index contributed by atoms with van der Waals surface area (Å²) in [6, 6.07) is 12.4. The van der Waals surface area contributed by atoms with Gasteiger partial charge in [-0.3, -0.25) is 9.59 Å². The molecule has 0 aliphatic carbocycles. The number of hydrogen-bond acceptors (Lipinski definition) is 5. The van der Waals surface area contributed by atoms with Crippen molar-refractivity contribution in [2.75, 3.05) is 18.5 Å². The van der Waals surface area contributed by atoms with E-state index in [0.717, 1.165) is 11.1 Å². The Bertz CT molecular complexity index is 983. The van der Waals surface area contributed by atoms with E-state index in [2.05, 4.69) is 23.9 Å². The maximum absolute atomic E-state index is 12.4. The zero-order chi connectivity index (χ0) is 21.6. The highest BCUT2D eigenvalue weighted by molar-refractivity contribution is 7.89. The van der Waals surface area contributed by atoms with E-state index in [1.807, 2.05) is 12.1 Å². The van der Waals surface area contributed by atoms with Gasteiger partial charge in [-0.15, -0.1) is 0 Å². The number of esters is 1. The molecule has 7 nitrogen and oxygen atoms in total. The average molecular weight is 419 g/mol. The molecular formula is C21H26N2O5S. The molecule has 0 aliphatic rings. The van der Waals surface area contributed by atoms with E-state index < -0.39 is 35.1 Å². The van der Waals surface area contributed by atoms with Gasteiger partial charge >= 0.3 is 5.97 Å². The van der Waals surface area contributed by atoms with Crippen LogP contribution in [0.3, 0.4) is 0 Å². The van der Waals surface area contributed by atoms with Gasteiger partial charge < -0.3 is 10.1 Å². The van der Waals surface area contributed by atoms with E-state index in [1.54, 1.807) is 38.1 Å². The predicted molar refractivity (Wildman–Crippen MR) is 111 cm³/mol. The number of nitrogens with one attached hydrogen (secondary N) is 2. The Morgan fingerprint density at radius 1 is 1.03 bits per heavy atom. The number of benzene rings is 2. The van der Waals surface area contributed by atoms with Gasteiger partial charge in [0.05, 0.1) is 4.90 Å². The molecule has 0 heterocycles. The maximum Gasteiger partial charge on any atom is 0.321 e. The van der Waals surface area contributed by atoms with Gasteiger partial charge in [0.25, 0.3) is 5.91 Å². The van der Waals surface area contributed by atoms with Gasteiger partial charge in [0.1, 0.15) is 6.54 Å². The van der Waals surface area contributed by atoms with Crippen LogP contribution in [0, 0.1) is 13.8 Å². The SMILES string of the molecule is Cc1ccc(C)c(S(=O)(=O)NCC(=O)OCC(=O)Nc2ccc(C(C)C)cc2)c1. The molecule has 0 unspecified atom stereocenters. The smallest absolute Gasteiger partial charge is 0.321 e. The predicted octanol–water partition coefficient (Wildman–Crippen LogP) is 2.89. The summed E-state index contributed by atoms with van der Waals surface area (Å²) < 4.78 is 31.8. The minimum atomic E-state index is -3.86. The van der Waals surface area contributed by atoms with Gasteiger partial charge in [0.15, 0.2) is 6.61 Å². The van der Waals surface area contributed by atoms with Crippen molar-refractivity contribution in [1.29, 1.82) is 0 Å². The van der Waals surface area contributed by atoms with Crippen LogP contribution in [0.4, 0.5) is 5.69 Å². The molecule has 1 amide bonds. The van der Waals surface area contributed by atoms with Crippen LogP contribution in [0.2, 0.25) is 0 Å². The summed E-state index contributed by atoms with van der Waals surface area (Å²) in [5.74, 6) is -0.967. The Balaban J connectivity index is 1.83. The van der Waals surface area contributed by atoms with Crippen molar-refractivity contribution in [2.24, 2.45) is 0 Å². The Morgan fingerprint density at radius 3 is 2.31 bits per heavy atom. The summed E-state index contributed by atoms with van der Waals surface area (Å²) in [4.78, 5) is 23.8. The fourth-order valence-corrected chi connectivity index (χ4v) is 3.87. The normalized spacial score (nSPS) is 11.3. The molecule has 0 aliphatic heterocycles. The monoisotopic (exact) mass is 418 g/mol. The Labute approximate surface area is 171 Å². The molecule has 0 saturated heterocycles. The zero-order valence-electron chi connectivity index (χ0n) is 17.0. The van der Waals surface area contributed by atoms with Gasteiger partial charge in [0, 0.05) is 5.69 Å². The summed E-state index contributed by atoms with van der Waals surface area (Å²) in [6.45, 7) is 6.53. The molecule has 2 aromatic carbocycles. The molecule has 0 bridgehead atoms. The molecule has 0 radical (unpaired) electrons. The summed E-state index contributed by atoms with van der Waals surface area (Å²) >= 11 is 0. The second-order valence-corrected chi connectivity index (χ2v) is 8.81. The van der Waals surface area contributed by atoms with Crippen LogP contribution in [0.5, 0.6) is 0 Å². The zero-order valence-corrected chi connectivity index (χ0v) is 17.8. The lowest BCUT2D eigenvalue weighted by atomic mass is 10.0. The lowest BCUT2D eigenvalue weighted by molar-refractivity contribution is -0.146. The third kappa shape index (κ3) is 6.69. The average Bonchev–Trinajstić information content (AvgIpc) is 2.67. The summed E-state index contributed by atoms with van der Waals surface area (Å²) in [6.07, 6.45) is 0. The molecule has 0 fully saturated rings. The molecule has 156 valence electrons. The third-order valence-electron chi connectivity index (χ3n) is 4.27. The number of anilines is 1. The second-order valence-electron chi connectivity index (χ2n) is 7.08.